The summed E-state index contributed by atoms with van der Waals surface area (Å²) in [5, 5.41) is 4.68. The number of hydrogen-bond donors (Lipinski definition) is 4. The number of ether oxygens (including phenoxy) is 1. The van der Waals surface area contributed by atoms with Crippen molar-refractivity contribution in [1.82, 2.24) is 16.2 Å². The summed E-state index contributed by atoms with van der Waals surface area (Å²) < 4.78 is 17.6. The minimum Gasteiger partial charge on any atom is -0.450 e. The van der Waals surface area contributed by atoms with Crippen molar-refractivity contribution in [1.29, 1.82) is 0 Å². The molecule has 2 rings (SSSR count). The number of benzene rings is 2. The number of carbonyl (C=O) groups is 3. The third-order valence-electron chi connectivity index (χ3n) is 3.27. The van der Waals surface area contributed by atoms with Crippen molar-refractivity contribution in [2.24, 2.45) is 0 Å². The van der Waals surface area contributed by atoms with Crippen molar-refractivity contribution in [2.75, 3.05) is 11.9 Å². The number of hydrogen-bond acceptors (Lipinski definition) is 5. The molecule has 0 radical (unpaired) electrons. The second kappa shape index (κ2) is 9.97. The van der Waals surface area contributed by atoms with E-state index in [-0.39, 0.29) is 22.8 Å². The van der Waals surface area contributed by atoms with Crippen LogP contribution in [0.15, 0.2) is 48.5 Å². The first-order valence-corrected chi connectivity index (χ1v) is 8.51. The van der Waals surface area contributed by atoms with Crippen molar-refractivity contribution in [3.8, 4) is 0 Å². The quantitative estimate of drug-likeness (QED) is 0.460. The second-order valence-corrected chi connectivity index (χ2v) is 5.70. The number of amides is 3. The zero-order chi connectivity index (χ0) is 20.5. The Balaban J connectivity index is 1.93. The Labute approximate surface area is 165 Å². The number of rotatable bonds is 4. The van der Waals surface area contributed by atoms with Crippen LogP contribution in [0.1, 0.15) is 27.6 Å². The molecule has 0 unspecified atom stereocenters. The standard InChI is InChI=1S/C18H17FN4O4S/c1-2-27-18(26)21-17(28)23-22-16(25)12-4-3-5-14(10-12)20-15(24)11-6-8-13(19)9-7-11/h3-10H,2H2,1H3,(H,20,24)(H,22,25)(H2,21,23,26,28). The van der Waals surface area contributed by atoms with Crippen LogP contribution >= 0.6 is 12.2 Å². The van der Waals surface area contributed by atoms with E-state index in [9.17, 15) is 18.8 Å². The lowest BCUT2D eigenvalue weighted by Crippen LogP contribution is -2.48. The highest BCUT2D eigenvalue weighted by Gasteiger charge is 2.11. The average Bonchev–Trinajstić information content (AvgIpc) is 2.67. The van der Waals surface area contributed by atoms with Gasteiger partial charge in [-0.05, 0) is 61.6 Å². The van der Waals surface area contributed by atoms with E-state index in [0.29, 0.717) is 5.69 Å². The van der Waals surface area contributed by atoms with Crippen molar-refractivity contribution in [2.45, 2.75) is 6.92 Å². The Bertz CT molecular complexity index is 889. The maximum atomic E-state index is 12.9. The highest BCUT2D eigenvalue weighted by atomic mass is 32.1. The monoisotopic (exact) mass is 404 g/mol. The molecule has 4 N–H and O–H groups in total. The van der Waals surface area contributed by atoms with Crippen LogP contribution in [0, 0.1) is 5.82 Å². The summed E-state index contributed by atoms with van der Waals surface area (Å²) in [5.41, 5.74) is 5.54. The van der Waals surface area contributed by atoms with E-state index in [1.807, 2.05) is 0 Å². The van der Waals surface area contributed by atoms with Crippen molar-refractivity contribution in [3.05, 3.63) is 65.5 Å². The average molecular weight is 404 g/mol. The van der Waals surface area contributed by atoms with Gasteiger partial charge in [0.1, 0.15) is 5.82 Å². The molecule has 0 heterocycles. The Morgan fingerprint density at radius 1 is 1.00 bits per heavy atom. The molecule has 0 saturated heterocycles. The summed E-state index contributed by atoms with van der Waals surface area (Å²) in [6, 6.07) is 11.2. The first kappa shape index (κ1) is 20.8. The number of halogens is 1. The molecule has 10 heteroatoms. The van der Waals surface area contributed by atoms with Gasteiger partial charge in [-0.2, -0.15) is 0 Å². The third-order valence-corrected chi connectivity index (χ3v) is 3.47. The fourth-order valence-corrected chi connectivity index (χ4v) is 2.15. The Hall–Kier alpha value is -3.53. The first-order valence-electron chi connectivity index (χ1n) is 8.10. The highest BCUT2D eigenvalue weighted by molar-refractivity contribution is 7.80. The van der Waals surface area contributed by atoms with Gasteiger partial charge < -0.3 is 10.1 Å². The summed E-state index contributed by atoms with van der Waals surface area (Å²) in [5.74, 6) is -1.44. The van der Waals surface area contributed by atoms with Crippen LogP contribution in [0.3, 0.4) is 0 Å². The molecule has 0 aliphatic heterocycles. The lowest BCUT2D eigenvalue weighted by molar-refractivity contribution is 0.0941. The lowest BCUT2D eigenvalue weighted by Gasteiger charge is -2.11. The van der Waals surface area contributed by atoms with Crippen molar-refractivity contribution < 1.29 is 23.5 Å². The molecular weight excluding hydrogens is 387 g/mol. The molecule has 3 amide bonds. The van der Waals surface area contributed by atoms with Crippen LogP contribution in [0.4, 0.5) is 14.9 Å². The molecule has 0 atom stereocenters. The normalized spacial score (nSPS) is 9.79. The van der Waals surface area contributed by atoms with Crippen molar-refractivity contribution >= 4 is 40.9 Å². The van der Waals surface area contributed by atoms with Crippen LogP contribution < -0.4 is 21.5 Å². The van der Waals surface area contributed by atoms with Gasteiger partial charge in [-0.3, -0.25) is 25.8 Å². The topological polar surface area (TPSA) is 109 Å². The van der Waals surface area contributed by atoms with Crippen LogP contribution in [-0.2, 0) is 4.74 Å². The minimum absolute atomic E-state index is 0.146. The van der Waals surface area contributed by atoms with Gasteiger partial charge in [-0.15, -0.1) is 0 Å². The van der Waals surface area contributed by atoms with Gasteiger partial charge in [0.15, 0.2) is 5.11 Å². The van der Waals surface area contributed by atoms with E-state index in [1.165, 1.54) is 36.4 Å². The van der Waals surface area contributed by atoms with Gasteiger partial charge in [0.2, 0.25) is 0 Å². The second-order valence-electron chi connectivity index (χ2n) is 5.30. The lowest BCUT2D eigenvalue weighted by atomic mass is 10.1. The number of hydrazine groups is 1. The number of anilines is 1. The summed E-state index contributed by atoms with van der Waals surface area (Å²) in [4.78, 5) is 35.6. The number of alkyl carbamates (subject to hydrolysis) is 1. The molecule has 0 spiro atoms. The molecule has 2 aromatic rings. The van der Waals surface area contributed by atoms with Crippen LogP contribution in [0.2, 0.25) is 0 Å². The molecule has 8 nitrogen and oxygen atoms in total. The zero-order valence-electron chi connectivity index (χ0n) is 14.7. The maximum Gasteiger partial charge on any atom is 0.413 e. The predicted octanol–water partition coefficient (Wildman–Crippen LogP) is 2.34. The van der Waals surface area contributed by atoms with Gasteiger partial charge >= 0.3 is 6.09 Å². The van der Waals surface area contributed by atoms with E-state index in [0.717, 1.165) is 0 Å². The first-order chi connectivity index (χ1) is 13.4. The molecule has 0 aromatic heterocycles. The smallest absolute Gasteiger partial charge is 0.413 e. The predicted molar refractivity (Wildman–Crippen MR) is 104 cm³/mol. The molecule has 2 aromatic carbocycles. The van der Waals surface area contributed by atoms with Gasteiger partial charge in [0.05, 0.1) is 6.61 Å². The Morgan fingerprint density at radius 2 is 1.71 bits per heavy atom. The SMILES string of the molecule is CCOC(=O)NC(=S)NNC(=O)c1cccc(NC(=O)c2ccc(F)cc2)c1. The van der Waals surface area contributed by atoms with Gasteiger partial charge in [0, 0.05) is 16.8 Å². The molecular formula is C18H17FN4O4S. The van der Waals surface area contributed by atoms with Gasteiger partial charge in [-0.1, -0.05) is 6.07 Å². The van der Waals surface area contributed by atoms with Crippen molar-refractivity contribution in [3.63, 3.8) is 0 Å². The fraction of sp³-hybridized carbons (Fsp3) is 0.111. The summed E-state index contributed by atoms with van der Waals surface area (Å²) in [6.07, 6.45) is -0.750. The molecule has 28 heavy (non-hydrogen) atoms. The summed E-state index contributed by atoms with van der Waals surface area (Å²) in [6.45, 7) is 1.82. The molecule has 0 bridgehead atoms. The number of thiocarbonyl (C=S) groups is 1. The molecule has 0 aliphatic rings. The van der Waals surface area contributed by atoms with Gasteiger partial charge in [0.25, 0.3) is 11.8 Å². The highest BCUT2D eigenvalue weighted by Crippen LogP contribution is 2.13. The van der Waals surface area contributed by atoms with E-state index in [2.05, 4.69) is 26.2 Å². The fourth-order valence-electron chi connectivity index (χ4n) is 2.02. The number of carbonyl (C=O) groups excluding carboxylic acids is 3. The molecule has 0 saturated carbocycles. The largest absolute Gasteiger partial charge is 0.450 e. The third kappa shape index (κ3) is 6.32. The number of nitrogens with one attached hydrogen (secondary N) is 4. The van der Waals surface area contributed by atoms with E-state index in [1.54, 1.807) is 19.1 Å². The van der Waals surface area contributed by atoms with Crippen LogP contribution in [-0.4, -0.2) is 29.6 Å². The molecule has 0 aliphatic carbocycles. The minimum atomic E-state index is -0.750. The Kier molecular flexibility index (Phi) is 7.40. The maximum absolute atomic E-state index is 12.9. The van der Waals surface area contributed by atoms with E-state index in [4.69, 9.17) is 12.2 Å². The summed E-state index contributed by atoms with van der Waals surface area (Å²) in [7, 11) is 0. The Morgan fingerprint density at radius 3 is 2.39 bits per heavy atom. The van der Waals surface area contributed by atoms with Gasteiger partial charge in [-0.25, -0.2) is 9.18 Å². The van der Waals surface area contributed by atoms with Crippen LogP contribution in [0.5, 0.6) is 0 Å². The van der Waals surface area contributed by atoms with E-state index >= 15 is 0 Å². The summed E-state index contributed by atoms with van der Waals surface area (Å²) >= 11 is 4.84. The van der Waals surface area contributed by atoms with E-state index < -0.39 is 23.7 Å². The molecule has 0 fully saturated rings. The zero-order valence-corrected chi connectivity index (χ0v) is 15.6. The van der Waals surface area contributed by atoms with Crippen LogP contribution in [0.25, 0.3) is 0 Å². The molecule has 146 valence electrons.